The number of para-hydroxylation sites is 2. The van der Waals surface area contributed by atoms with Crippen LogP contribution >= 0.6 is 0 Å². The molecule has 0 saturated carbocycles. The van der Waals surface area contributed by atoms with E-state index in [4.69, 9.17) is 4.74 Å². The molecule has 6 nitrogen and oxygen atoms in total. The Kier molecular flexibility index (Phi) is 6.66. The fraction of sp³-hybridized carbons (Fsp3) is 0.296. The second-order valence-corrected chi connectivity index (χ2v) is 10.4. The third-order valence-corrected chi connectivity index (χ3v) is 8.08. The first-order valence-corrected chi connectivity index (χ1v) is 13.0. The van der Waals surface area contributed by atoms with Gasteiger partial charge in [-0.1, -0.05) is 56.3 Å². The quantitative estimate of drug-likeness (QED) is 0.462. The lowest BCUT2D eigenvalue weighted by atomic mass is 9.83. The van der Waals surface area contributed by atoms with Crippen molar-refractivity contribution in [1.29, 1.82) is 0 Å². The minimum atomic E-state index is -3.86. The van der Waals surface area contributed by atoms with Gasteiger partial charge in [-0.2, -0.15) is 0 Å². The van der Waals surface area contributed by atoms with E-state index in [1.807, 2.05) is 30.3 Å². The monoisotopic (exact) mass is 478 g/mol. The fourth-order valence-corrected chi connectivity index (χ4v) is 5.75. The standard InChI is InChI=1S/C27H30N2O4S/c1-4-27(5-2)18-23(22-13-9-10-14-24(22)33-27)28-26(30)20-16-15-19(3)25(17-20)34(31,32)29-21-11-7-6-8-12-21/h6-17,23,29H,4-5,18H2,1-3H3,(H,28,30)/t23-/m0/s1. The second kappa shape index (κ2) is 9.50. The van der Waals surface area contributed by atoms with Crippen molar-refractivity contribution >= 4 is 21.6 Å². The lowest BCUT2D eigenvalue weighted by molar-refractivity contribution is 0.0227. The number of carbonyl (C=O) groups excluding carboxylic acids is 1. The molecule has 2 N–H and O–H groups in total. The molecular formula is C27H30N2O4S. The summed E-state index contributed by atoms with van der Waals surface area (Å²) in [5.74, 6) is 0.459. The Labute approximate surface area is 201 Å². The molecule has 34 heavy (non-hydrogen) atoms. The van der Waals surface area contributed by atoms with Crippen LogP contribution in [0.4, 0.5) is 5.69 Å². The third kappa shape index (κ3) is 4.80. The lowest BCUT2D eigenvalue weighted by Crippen LogP contribution is -2.44. The number of nitrogens with one attached hydrogen (secondary N) is 2. The predicted molar refractivity (Wildman–Crippen MR) is 134 cm³/mol. The van der Waals surface area contributed by atoms with Crippen molar-refractivity contribution in [3.05, 3.63) is 89.5 Å². The molecule has 0 spiro atoms. The molecule has 178 valence electrons. The molecule has 3 aromatic carbocycles. The first kappa shape index (κ1) is 23.8. The van der Waals surface area contributed by atoms with Gasteiger partial charge in [-0.15, -0.1) is 0 Å². The van der Waals surface area contributed by atoms with Crippen LogP contribution in [0.15, 0.2) is 77.7 Å². The Morgan fingerprint density at radius 1 is 1.00 bits per heavy atom. The van der Waals surface area contributed by atoms with Gasteiger partial charge in [0.15, 0.2) is 0 Å². The minimum Gasteiger partial charge on any atom is -0.487 e. The van der Waals surface area contributed by atoms with E-state index >= 15 is 0 Å². The van der Waals surface area contributed by atoms with E-state index in [1.54, 1.807) is 43.3 Å². The van der Waals surface area contributed by atoms with Crippen molar-refractivity contribution < 1.29 is 17.9 Å². The van der Waals surface area contributed by atoms with Crippen LogP contribution in [0.25, 0.3) is 0 Å². The van der Waals surface area contributed by atoms with E-state index in [1.165, 1.54) is 6.07 Å². The molecule has 3 aromatic rings. The molecule has 1 atom stereocenters. The van der Waals surface area contributed by atoms with Gasteiger partial charge in [0.05, 0.1) is 10.9 Å². The number of fused-ring (bicyclic) bond motifs is 1. The van der Waals surface area contributed by atoms with Crippen LogP contribution in [0.2, 0.25) is 0 Å². The molecule has 0 radical (unpaired) electrons. The average molecular weight is 479 g/mol. The van der Waals surface area contributed by atoms with Gasteiger partial charge in [0, 0.05) is 23.2 Å². The van der Waals surface area contributed by atoms with E-state index < -0.39 is 10.0 Å². The Morgan fingerprint density at radius 2 is 1.68 bits per heavy atom. The molecular weight excluding hydrogens is 448 g/mol. The summed E-state index contributed by atoms with van der Waals surface area (Å²) in [4.78, 5) is 13.4. The predicted octanol–water partition coefficient (Wildman–Crippen LogP) is 5.61. The summed E-state index contributed by atoms with van der Waals surface area (Å²) < 4.78 is 35.0. The molecule has 0 unspecified atom stereocenters. The van der Waals surface area contributed by atoms with Crippen LogP contribution in [-0.2, 0) is 10.0 Å². The number of amides is 1. The van der Waals surface area contributed by atoms with Crippen LogP contribution in [0.1, 0.15) is 60.6 Å². The SMILES string of the molecule is CCC1(CC)C[C@H](NC(=O)c2ccc(C)c(S(=O)(=O)Nc3ccccc3)c2)c2ccccc2O1. The van der Waals surface area contributed by atoms with E-state index in [2.05, 4.69) is 23.9 Å². The highest BCUT2D eigenvalue weighted by molar-refractivity contribution is 7.92. The molecule has 1 aliphatic rings. The molecule has 0 aromatic heterocycles. The first-order valence-electron chi connectivity index (χ1n) is 11.5. The molecule has 1 aliphatic heterocycles. The maximum atomic E-state index is 13.3. The van der Waals surface area contributed by atoms with Crippen LogP contribution in [0.3, 0.4) is 0 Å². The van der Waals surface area contributed by atoms with Crippen molar-refractivity contribution in [3.8, 4) is 5.75 Å². The highest BCUT2D eigenvalue weighted by Crippen LogP contribution is 2.42. The van der Waals surface area contributed by atoms with E-state index in [0.717, 1.165) is 24.2 Å². The highest BCUT2D eigenvalue weighted by Gasteiger charge is 2.39. The van der Waals surface area contributed by atoms with Gasteiger partial charge in [-0.25, -0.2) is 8.42 Å². The second-order valence-electron chi connectivity index (χ2n) is 8.71. The summed E-state index contributed by atoms with van der Waals surface area (Å²) in [6, 6.07) is 21.0. The van der Waals surface area contributed by atoms with Gasteiger partial charge in [0.1, 0.15) is 11.4 Å². The summed E-state index contributed by atoms with van der Waals surface area (Å²) in [5.41, 5.74) is 1.90. The molecule has 0 bridgehead atoms. The number of hydrogen-bond donors (Lipinski definition) is 2. The number of aryl methyl sites for hydroxylation is 1. The zero-order valence-corrected chi connectivity index (χ0v) is 20.5. The van der Waals surface area contributed by atoms with Crippen LogP contribution in [-0.4, -0.2) is 19.9 Å². The Hall–Kier alpha value is -3.32. The van der Waals surface area contributed by atoms with Crippen molar-refractivity contribution in [3.63, 3.8) is 0 Å². The molecule has 4 rings (SSSR count). The largest absolute Gasteiger partial charge is 0.487 e. The third-order valence-electron chi connectivity index (χ3n) is 6.56. The summed E-state index contributed by atoms with van der Waals surface area (Å²) in [6.07, 6.45) is 2.29. The molecule has 0 fully saturated rings. The molecule has 0 saturated heterocycles. The van der Waals surface area contributed by atoms with E-state index in [9.17, 15) is 13.2 Å². The fourth-order valence-electron chi connectivity index (χ4n) is 4.42. The molecule has 1 heterocycles. The maximum absolute atomic E-state index is 13.3. The van der Waals surface area contributed by atoms with Gasteiger partial charge in [0.2, 0.25) is 0 Å². The Bertz CT molecular complexity index is 1280. The van der Waals surface area contributed by atoms with Crippen molar-refractivity contribution in [2.75, 3.05) is 4.72 Å². The molecule has 7 heteroatoms. The number of sulfonamides is 1. The van der Waals surface area contributed by atoms with Crippen molar-refractivity contribution in [2.24, 2.45) is 0 Å². The van der Waals surface area contributed by atoms with Gasteiger partial charge in [-0.05, 0) is 55.7 Å². The maximum Gasteiger partial charge on any atom is 0.262 e. The first-order chi connectivity index (χ1) is 16.3. The smallest absolute Gasteiger partial charge is 0.262 e. The van der Waals surface area contributed by atoms with Crippen LogP contribution < -0.4 is 14.8 Å². The summed E-state index contributed by atoms with van der Waals surface area (Å²) in [7, 11) is -3.86. The highest BCUT2D eigenvalue weighted by atomic mass is 32.2. The minimum absolute atomic E-state index is 0.0767. The van der Waals surface area contributed by atoms with Gasteiger partial charge in [0.25, 0.3) is 15.9 Å². The normalized spacial score (nSPS) is 16.7. The Balaban J connectivity index is 1.62. The number of rotatable bonds is 7. The van der Waals surface area contributed by atoms with Crippen molar-refractivity contribution in [2.45, 2.75) is 56.6 Å². The zero-order valence-electron chi connectivity index (χ0n) is 19.7. The topological polar surface area (TPSA) is 84.5 Å². The summed E-state index contributed by atoms with van der Waals surface area (Å²) in [5, 5.41) is 3.13. The van der Waals surface area contributed by atoms with Crippen LogP contribution in [0, 0.1) is 6.92 Å². The average Bonchev–Trinajstić information content (AvgIpc) is 2.84. The number of anilines is 1. The summed E-state index contributed by atoms with van der Waals surface area (Å²) >= 11 is 0. The zero-order chi connectivity index (χ0) is 24.3. The van der Waals surface area contributed by atoms with Gasteiger partial charge >= 0.3 is 0 Å². The number of carbonyl (C=O) groups is 1. The van der Waals surface area contributed by atoms with E-state index in [0.29, 0.717) is 23.2 Å². The van der Waals surface area contributed by atoms with Crippen molar-refractivity contribution in [1.82, 2.24) is 5.32 Å². The van der Waals surface area contributed by atoms with Crippen LogP contribution in [0.5, 0.6) is 5.75 Å². The number of hydrogen-bond acceptors (Lipinski definition) is 4. The molecule has 0 aliphatic carbocycles. The lowest BCUT2D eigenvalue weighted by Gasteiger charge is -2.41. The van der Waals surface area contributed by atoms with Gasteiger partial charge in [-0.3, -0.25) is 9.52 Å². The summed E-state index contributed by atoms with van der Waals surface area (Å²) in [6.45, 7) is 5.90. The number of ether oxygens (including phenoxy) is 1. The van der Waals surface area contributed by atoms with E-state index in [-0.39, 0.29) is 22.4 Å². The Morgan fingerprint density at radius 3 is 2.38 bits per heavy atom. The number of benzene rings is 3. The van der Waals surface area contributed by atoms with Gasteiger partial charge < -0.3 is 10.1 Å². The molecule has 1 amide bonds.